The second kappa shape index (κ2) is 6.00. The van der Waals surface area contributed by atoms with Gasteiger partial charge in [-0.25, -0.2) is 8.78 Å². The third-order valence-electron chi connectivity index (χ3n) is 2.42. The van der Waals surface area contributed by atoms with Crippen molar-refractivity contribution in [2.75, 3.05) is 20.2 Å². The van der Waals surface area contributed by atoms with E-state index in [-0.39, 0.29) is 11.6 Å². The molecule has 0 aromatic heterocycles. The summed E-state index contributed by atoms with van der Waals surface area (Å²) in [6.07, 6.45) is 0. The molecule has 17 heavy (non-hydrogen) atoms. The molecule has 0 aliphatic carbocycles. The monoisotopic (exact) mass is 260 g/mol. The topological polar surface area (TPSA) is 49.5 Å². The lowest BCUT2D eigenvalue weighted by Gasteiger charge is -2.26. The van der Waals surface area contributed by atoms with Crippen molar-refractivity contribution >= 4 is 17.2 Å². The molecule has 0 saturated heterocycles. The standard InChI is InChI=1S/C11H14F2N2OS/c1-15(4-5-16)10(11(14)17)7-2-3-8(12)9(13)6-7/h2-3,6,10,16H,4-5H2,1H3,(H2,14,17). The lowest BCUT2D eigenvalue weighted by atomic mass is 10.1. The molecule has 0 spiro atoms. The molecule has 1 aromatic carbocycles. The van der Waals surface area contributed by atoms with E-state index in [0.29, 0.717) is 12.1 Å². The Labute approximate surface area is 104 Å². The van der Waals surface area contributed by atoms with Crippen LogP contribution in [0.4, 0.5) is 8.78 Å². The maximum absolute atomic E-state index is 13.1. The van der Waals surface area contributed by atoms with Crippen LogP contribution in [0.1, 0.15) is 11.6 Å². The number of rotatable bonds is 5. The van der Waals surface area contributed by atoms with Gasteiger partial charge >= 0.3 is 0 Å². The van der Waals surface area contributed by atoms with E-state index in [4.69, 9.17) is 23.1 Å². The van der Waals surface area contributed by atoms with Crippen molar-refractivity contribution in [3.05, 3.63) is 35.4 Å². The van der Waals surface area contributed by atoms with Crippen LogP contribution in [-0.2, 0) is 0 Å². The first-order valence-electron chi connectivity index (χ1n) is 5.02. The summed E-state index contributed by atoms with van der Waals surface area (Å²) in [5.74, 6) is -1.86. The first kappa shape index (κ1) is 14.0. The van der Waals surface area contributed by atoms with Crippen LogP contribution in [0, 0.1) is 11.6 Å². The second-order valence-corrected chi connectivity index (χ2v) is 4.15. The molecule has 3 N–H and O–H groups in total. The zero-order chi connectivity index (χ0) is 13.0. The average Bonchev–Trinajstić information content (AvgIpc) is 2.23. The van der Waals surface area contributed by atoms with E-state index in [1.54, 1.807) is 11.9 Å². The first-order valence-corrected chi connectivity index (χ1v) is 5.43. The van der Waals surface area contributed by atoms with Gasteiger partial charge in [-0.1, -0.05) is 18.3 Å². The van der Waals surface area contributed by atoms with Gasteiger partial charge < -0.3 is 10.8 Å². The smallest absolute Gasteiger partial charge is 0.159 e. The van der Waals surface area contributed by atoms with E-state index >= 15 is 0 Å². The number of hydrogen-bond acceptors (Lipinski definition) is 3. The van der Waals surface area contributed by atoms with Crippen molar-refractivity contribution in [2.24, 2.45) is 5.73 Å². The number of benzene rings is 1. The molecule has 6 heteroatoms. The Morgan fingerprint density at radius 3 is 2.59 bits per heavy atom. The van der Waals surface area contributed by atoms with Gasteiger partial charge in [-0.15, -0.1) is 0 Å². The van der Waals surface area contributed by atoms with Crippen LogP contribution >= 0.6 is 12.2 Å². The van der Waals surface area contributed by atoms with Gasteiger partial charge in [0.25, 0.3) is 0 Å². The highest BCUT2D eigenvalue weighted by molar-refractivity contribution is 7.80. The first-order chi connectivity index (χ1) is 7.97. The number of aliphatic hydroxyl groups excluding tert-OH is 1. The van der Waals surface area contributed by atoms with Crippen molar-refractivity contribution in [3.8, 4) is 0 Å². The molecule has 1 rings (SSSR count). The van der Waals surface area contributed by atoms with E-state index < -0.39 is 17.7 Å². The predicted molar refractivity (Wildman–Crippen MR) is 65.6 cm³/mol. The molecule has 0 bridgehead atoms. The van der Waals surface area contributed by atoms with Crippen LogP contribution < -0.4 is 5.73 Å². The van der Waals surface area contributed by atoms with Gasteiger partial charge in [-0.2, -0.15) is 0 Å². The number of likely N-dealkylation sites (N-methyl/N-ethyl adjacent to an activating group) is 1. The van der Waals surface area contributed by atoms with Gasteiger partial charge in [0, 0.05) is 6.54 Å². The highest BCUT2D eigenvalue weighted by atomic mass is 32.1. The van der Waals surface area contributed by atoms with Gasteiger partial charge in [0.15, 0.2) is 11.6 Å². The highest BCUT2D eigenvalue weighted by Crippen LogP contribution is 2.21. The molecule has 3 nitrogen and oxygen atoms in total. The fourth-order valence-electron chi connectivity index (χ4n) is 1.61. The summed E-state index contributed by atoms with van der Waals surface area (Å²) in [7, 11) is 1.70. The Morgan fingerprint density at radius 2 is 2.12 bits per heavy atom. The minimum absolute atomic E-state index is 0.0701. The minimum atomic E-state index is -0.943. The predicted octanol–water partition coefficient (Wildman–Crippen LogP) is 1.22. The van der Waals surface area contributed by atoms with E-state index in [1.165, 1.54) is 6.07 Å². The summed E-state index contributed by atoms with van der Waals surface area (Å²) in [5, 5.41) is 8.85. The van der Waals surface area contributed by atoms with E-state index in [9.17, 15) is 8.78 Å². The van der Waals surface area contributed by atoms with Crippen molar-refractivity contribution in [1.82, 2.24) is 4.90 Å². The van der Waals surface area contributed by atoms with Gasteiger partial charge in [0.2, 0.25) is 0 Å². The van der Waals surface area contributed by atoms with E-state index in [0.717, 1.165) is 12.1 Å². The molecule has 0 heterocycles. The zero-order valence-electron chi connectivity index (χ0n) is 9.36. The van der Waals surface area contributed by atoms with Crippen LogP contribution in [0.5, 0.6) is 0 Å². The molecule has 0 fully saturated rings. The van der Waals surface area contributed by atoms with Crippen LogP contribution in [-0.4, -0.2) is 35.2 Å². The summed E-state index contributed by atoms with van der Waals surface area (Å²) in [6, 6.07) is 3.00. The lowest BCUT2D eigenvalue weighted by Crippen LogP contribution is -2.35. The van der Waals surface area contributed by atoms with E-state index in [2.05, 4.69) is 0 Å². The summed E-state index contributed by atoms with van der Waals surface area (Å²) >= 11 is 4.90. The van der Waals surface area contributed by atoms with Gasteiger partial charge in [-0.3, -0.25) is 4.90 Å². The molecule has 1 unspecified atom stereocenters. The Morgan fingerprint density at radius 1 is 1.47 bits per heavy atom. The number of thiocarbonyl (C=S) groups is 1. The normalized spacial score (nSPS) is 12.8. The quantitative estimate of drug-likeness (QED) is 0.782. The third kappa shape index (κ3) is 3.42. The zero-order valence-corrected chi connectivity index (χ0v) is 10.2. The van der Waals surface area contributed by atoms with Crippen LogP contribution in [0.15, 0.2) is 18.2 Å². The summed E-state index contributed by atoms with van der Waals surface area (Å²) in [5.41, 5.74) is 6.05. The highest BCUT2D eigenvalue weighted by Gasteiger charge is 2.20. The second-order valence-electron chi connectivity index (χ2n) is 3.68. The lowest BCUT2D eigenvalue weighted by molar-refractivity contribution is 0.207. The van der Waals surface area contributed by atoms with Crippen LogP contribution in [0.25, 0.3) is 0 Å². The van der Waals surface area contributed by atoms with Gasteiger partial charge in [-0.05, 0) is 24.7 Å². The maximum atomic E-state index is 13.1. The molecule has 1 atom stereocenters. The Hall–Kier alpha value is -1.11. The molecule has 0 radical (unpaired) electrons. The van der Waals surface area contributed by atoms with Crippen molar-refractivity contribution in [3.63, 3.8) is 0 Å². The molecular weight excluding hydrogens is 246 g/mol. The summed E-state index contributed by atoms with van der Waals surface area (Å²) < 4.78 is 25.9. The minimum Gasteiger partial charge on any atom is -0.395 e. The molecule has 0 aliphatic rings. The summed E-state index contributed by atoms with van der Waals surface area (Å²) in [6.45, 7) is 0.264. The number of nitrogens with two attached hydrogens (primary N) is 1. The van der Waals surface area contributed by atoms with Gasteiger partial charge in [0.1, 0.15) is 0 Å². The maximum Gasteiger partial charge on any atom is 0.159 e. The van der Waals surface area contributed by atoms with Crippen LogP contribution in [0.3, 0.4) is 0 Å². The molecule has 1 aromatic rings. The van der Waals surface area contributed by atoms with Gasteiger partial charge in [0.05, 0.1) is 17.6 Å². The van der Waals surface area contributed by atoms with Crippen molar-refractivity contribution in [2.45, 2.75) is 6.04 Å². The Balaban J connectivity index is 3.05. The van der Waals surface area contributed by atoms with Crippen molar-refractivity contribution < 1.29 is 13.9 Å². The molecule has 0 saturated carbocycles. The number of nitrogens with zero attached hydrogens (tertiary/aromatic N) is 1. The Kier molecular flexibility index (Phi) is 4.92. The SMILES string of the molecule is CN(CCO)C(C(N)=S)c1ccc(F)c(F)c1. The summed E-state index contributed by atoms with van der Waals surface area (Å²) in [4.78, 5) is 1.82. The number of halogens is 2. The molecule has 0 amide bonds. The molecule has 0 aliphatic heterocycles. The van der Waals surface area contributed by atoms with Crippen LogP contribution in [0.2, 0.25) is 0 Å². The fourth-order valence-corrected chi connectivity index (χ4v) is 1.92. The molecular formula is C11H14F2N2OS. The third-order valence-corrected chi connectivity index (χ3v) is 2.65. The largest absolute Gasteiger partial charge is 0.395 e. The molecule has 94 valence electrons. The fraction of sp³-hybridized carbons (Fsp3) is 0.364. The number of aliphatic hydroxyl groups is 1. The van der Waals surface area contributed by atoms with E-state index in [1.807, 2.05) is 0 Å². The Bertz CT molecular complexity index is 414. The van der Waals surface area contributed by atoms with Crippen molar-refractivity contribution in [1.29, 1.82) is 0 Å². The number of hydrogen-bond donors (Lipinski definition) is 2. The average molecular weight is 260 g/mol.